The summed E-state index contributed by atoms with van der Waals surface area (Å²) in [6, 6.07) is 6.14. The van der Waals surface area contributed by atoms with E-state index >= 15 is 0 Å². The predicted molar refractivity (Wildman–Crippen MR) is 64.0 cm³/mol. The van der Waals surface area contributed by atoms with Crippen LogP contribution in [0.25, 0.3) is 0 Å². The van der Waals surface area contributed by atoms with Gasteiger partial charge in [-0.2, -0.15) is 13.2 Å². The number of nitrogens with one attached hydrogen (secondary N) is 1. The number of benzene rings is 1. The van der Waals surface area contributed by atoms with E-state index in [0.29, 0.717) is 6.54 Å². The fraction of sp³-hybridized carbons (Fsp3) is 0.538. The summed E-state index contributed by atoms with van der Waals surface area (Å²) in [6.45, 7) is 2.34. The molecule has 1 aliphatic heterocycles. The Balaban J connectivity index is 1.89. The van der Waals surface area contributed by atoms with Crippen LogP contribution in [0.15, 0.2) is 18.2 Å². The number of hydrogen-bond donors (Lipinski definition) is 1. The van der Waals surface area contributed by atoms with Crippen LogP contribution in [0.2, 0.25) is 0 Å². The molecule has 100 valence electrons. The van der Waals surface area contributed by atoms with Crippen LogP contribution in [0.3, 0.4) is 0 Å². The van der Waals surface area contributed by atoms with Crippen molar-refractivity contribution in [3.63, 3.8) is 0 Å². The van der Waals surface area contributed by atoms with Gasteiger partial charge < -0.3 is 10.2 Å². The van der Waals surface area contributed by atoms with E-state index in [1.54, 1.807) is 11.9 Å². The van der Waals surface area contributed by atoms with E-state index in [1.807, 2.05) is 6.07 Å². The zero-order chi connectivity index (χ0) is 13.2. The molecule has 0 fully saturated rings. The Morgan fingerprint density at radius 3 is 2.67 bits per heavy atom. The molecule has 2 rings (SSSR count). The first kappa shape index (κ1) is 13.4. The lowest BCUT2D eigenvalue weighted by Crippen LogP contribution is -2.24. The van der Waals surface area contributed by atoms with Gasteiger partial charge in [-0.3, -0.25) is 0 Å². The van der Waals surface area contributed by atoms with Gasteiger partial charge in [0.05, 0.1) is 6.42 Å². The van der Waals surface area contributed by atoms with Crippen molar-refractivity contribution in [1.82, 2.24) is 10.2 Å². The SMILES string of the molecule is CN(CCC(F)(F)F)Cc1ccc2c(c1)CNC2. The fourth-order valence-corrected chi connectivity index (χ4v) is 2.15. The Labute approximate surface area is 105 Å². The van der Waals surface area contributed by atoms with Gasteiger partial charge in [0.15, 0.2) is 0 Å². The van der Waals surface area contributed by atoms with Crippen molar-refractivity contribution < 1.29 is 13.2 Å². The second-order valence-corrected chi connectivity index (χ2v) is 4.81. The van der Waals surface area contributed by atoms with Crippen LogP contribution in [0.5, 0.6) is 0 Å². The smallest absolute Gasteiger partial charge is 0.309 e. The largest absolute Gasteiger partial charge is 0.390 e. The van der Waals surface area contributed by atoms with Crippen LogP contribution in [0.1, 0.15) is 23.1 Å². The summed E-state index contributed by atoms with van der Waals surface area (Å²) in [5.41, 5.74) is 3.62. The molecule has 0 amide bonds. The molecule has 1 aromatic carbocycles. The van der Waals surface area contributed by atoms with Gasteiger partial charge in [-0.25, -0.2) is 0 Å². The number of rotatable bonds is 4. The Bertz CT molecular complexity index is 415. The minimum Gasteiger partial charge on any atom is -0.309 e. The van der Waals surface area contributed by atoms with Crippen molar-refractivity contribution in [2.45, 2.75) is 32.2 Å². The summed E-state index contributed by atoms with van der Waals surface area (Å²) < 4.78 is 36.3. The van der Waals surface area contributed by atoms with Crippen molar-refractivity contribution in [3.05, 3.63) is 34.9 Å². The number of alkyl halides is 3. The number of nitrogens with zero attached hydrogens (tertiary/aromatic N) is 1. The summed E-state index contributed by atoms with van der Waals surface area (Å²) in [5, 5.41) is 3.25. The molecular weight excluding hydrogens is 241 g/mol. The zero-order valence-corrected chi connectivity index (χ0v) is 10.3. The van der Waals surface area contributed by atoms with E-state index < -0.39 is 12.6 Å². The van der Waals surface area contributed by atoms with E-state index in [1.165, 1.54) is 11.1 Å². The van der Waals surface area contributed by atoms with Crippen molar-refractivity contribution in [2.75, 3.05) is 13.6 Å². The third-order valence-electron chi connectivity index (χ3n) is 3.13. The summed E-state index contributed by atoms with van der Waals surface area (Å²) >= 11 is 0. The highest BCUT2D eigenvalue weighted by molar-refractivity contribution is 5.34. The highest BCUT2D eigenvalue weighted by atomic mass is 19.4. The van der Waals surface area contributed by atoms with Crippen LogP contribution in [-0.2, 0) is 19.6 Å². The molecule has 0 radical (unpaired) electrons. The van der Waals surface area contributed by atoms with E-state index in [0.717, 1.165) is 18.7 Å². The van der Waals surface area contributed by atoms with Crippen LogP contribution in [0, 0.1) is 0 Å². The lowest BCUT2D eigenvalue weighted by molar-refractivity contribution is -0.137. The van der Waals surface area contributed by atoms with E-state index in [-0.39, 0.29) is 6.54 Å². The average Bonchev–Trinajstić information content (AvgIpc) is 2.72. The van der Waals surface area contributed by atoms with Gasteiger partial charge in [0.1, 0.15) is 0 Å². The molecule has 18 heavy (non-hydrogen) atoms. The van der Waals surface area contributed by atoms with Gasteiger partial charge in [0.25, 0.3) is 0 Å². The number of hydrogen-bond acceptors (Lipinski definition) is 2. The molecule has 0 spiro atoms. The minimum atomic E-state index is -4.07. The maximum atomic E-state index is 12.1. The number of halogens is 3. The van der Waals surface area contributed by atoms with Crippen LogP contribution < -0.4 is 5.32 Å². The van der Waals surface area contributed by atoms with E-state index in [4.69, 9.17) is 0 Å². The molecule has 0 atom stereocenters. The molecule has 0 bridgehead atoms. The first-order chi connectivity index (χ1) is 8.44. The van der Waals surface area contributed by atoms with Gasteiger partial charge in [0.2, 0.25) is 0 Å². The van der Waals surface area contributed by atoms with Crippen LogP contribution in [0.4, 0.5) is 13.2 Å². The lowest BCUT2D eigenvalue weighted by Gasteiger charge is -2.18. The van der Waals surface area contributed by atoms with Crippen molar-refractivity contribution in [1.29, 1.82) is 0 Å². The second-order valence-electron chi connectivity index (χ2n) is 4.81. The summed E-state index contributed by atoms with van der Waals surface area (Å²) in [6.07, 6.45) is -4.83. The topological polar surface area (TPSA) is 15.3 Å². The van der Waals surface area contributed by atoms with Crippen molar-refractivity contribution in [2.24, 2.45) is 0 Å². The lowest BCUT2D eigenvalue weighted by atomic mass is 10.1. The normalized spacial score (nSPS) is 15.2. The van der Waals surface area contributed by atoms with Gasteiger partial charge in [0, 0.05) is 26.2 Å². The predicted octanol–water partition coefficient (Wildman–Crippen LogP) is 2.67. The molecule has 0 aromatic heterocycles. The molecule has 0 aliphatic carbocycles. The van der Waals surface area contributed by atoms with Gasteiger partial charge in [-0.15, -0.1) is 0 Å². The summed E-state index contributed by atoms with van der Waals surface area (Å²) in [5.74, 6) is 0. The third kappa shape index (κ3) is 3.71. The molecule has 2 nitrogen and oxygen atoms in total. The molecule has 1 heterocycles. The molecule has 5 heteroatoms. The maximum Gasteiger partial charge on any atom is 0.390 e. The monoisotopic (exact) mass is 258 g/mol. The Morgan fingerprint density at radius 1 is 1.22 bits per heavy atom. The molecule has 0 unspecified atom stereocenters. The van der Waals surface area contributed by atoms with Gasteiger partial charge >= 0.3 is 6.18 Å². The standard InChI is InChI=1S/C13H17F3N2/c1-18(5-4-13(14,15)16)9-10-2-3-11-7-17-8-12(11)6-10/h2-3,6,17H,4-5,7-9H2,1H3. The third-order valence-corrected chi connectivity index (χ3v) is 3.13. The second kappa shape index (κ2) is 5.28. The summed E-state index contributed by atoms with van der Waals surface area (Å²) in [4.78, 5) is 1.71. The van der Waals surface area contributed by atoms with Crippen molar-refractivity contribution >= 4 is 0 Å². The first-order valence-corrected chi connectivity index (χ1v) is 6.01. The molecule has 1 aromatic rings. The zero-order valence-electron chi connectivity index (χ0n) is 10.3. The van der Waals surface area contributed by atoms with E-state index in [2.05, 4.69) is 17.4 Å². The summed E-state index contributed by atoms with van der Waals surface area (Å²) in [7, 11) is 1.72. The molecule has 1 N–H and O–H groups in total. The minimum absolute atomic E-state index is 0.0405. The van der Waals surface area contributed by atoms with Crippen molar-refractivity contribution in [3.8, 4) is 0 Å². The van der Waals surface area contributed by atoms with E-state index in [9.17, 15) is 13.2 Å². The molecule has 0 saturated heterocycles. The highest BCUT2D eigenvalue weighted by Gasteiger charge is 2.27. The van der Waals surface area contributed by atoms with Gasteiger partial charge in [-0.05, 0) is 23.7 Å². The molecular formula is C13H17F3N2. The van der Waals surface area contributed by atoms with Crippen LogP contribution >= 0.6 is 0 Å². The van der Waals surface area contributed by atoms with Crippen LogP contribution in [-0.4, -0.2) is 24.7 Å². The maximum absolute atomic E-state index is 12.1. The molecule has 1 aliphatic rings. The fourth-order valence-electron chi connectivity index (χ4n) is 2.15. The van der Waals surface area contributed by atoms with Gasteiger partial charge in [-0.1, -0.05) is 18.2 Å². The first-order valence-electron chi connectivity index (χ1n) is 6.01. The molecule has 0 saturated carbocycles. The highest BCUT2D eigenvalue weighted by Crippen LogP contribution is 2.21. The Morgan fingerprint density at radius 2 is 1.94 bits per heavy atom. The Kier molecular flexibility index (Phi) is 3.92. The number of fused-ring (bicyclic) bond motifs is 1. The average molecular weight is 258 g/mol. The Hall–Kier alpha value is -1.07. The quantitative estimate of drug-likeness (QED) is 0.893.